The number of hydrogen-bond acceptors (Lipinski definition) is 2. The Kier molecular flexibility index (Phi) is 2.74. The van der Waals surface area contributed by atoms with Gasteiger partial charge in [0.1, 0.15) is 6.10 Å². The van der Waals surface area contributed by atoms with Crippen LogP contribution in [0.25, 0.3) is 11.0 Å². The van der Waals surface area contributed by atoms with Gasteiger partial charge in [0.2, 0.25) is 0 Å². The van der Waals surface area contributed by atoms with Gasteiger partial charge in [-0.15, -0.1) is 0 Å². The Morgan fingerprint density at radius 3 is 2.35 bits per heavy atom. The minimum absolute atomic E-state index is 0.105. The number of aromatic nitrogens is 2. The van der Waals surface area contributed by atoms with Crippen molar-refractivity contribution in [2.24, 2.45) is 14.1 Å². The Balaban J connectivity index is 2.66. The standard InChI is InChI=1S/C11H12F2N2O2/c1-14-7-4-3-6(9(16)10(12)13)5-8(7)15(2)11(14)17/h3-5,9-10,16H,1-2H3. The van der Waals surface area contributed by atoms with Crippen molar-refractivity contribution < 1.29 is 13.9 Å². The highest BCUT2D eigenvalue weighted by molar-refractivity contribution is 5.76. The fourth-order valence-electron chi connectivity index (χ4n) is 1.85. The van der Waals surface area contributed by atoms with Gasteiger partial charge in [0, 0.05) is 14.1 Å². The largest absolute Gasteiger partial charge is 0.382 e. The summed E-state index contributed by atoms with van der Waals surface area (Å²) in [4.78, 5) is 11.6. The first kappa shape index (κ1) is 11.8. The lowest BCUT2D eigenvalue weighted by Gasteiger charge is -2.09. The van der Waals surface area contributed by atoms with Crippen molar-refractivity contribution in [3.63, 3.8) is 0 Å². The Morgan fingerprint density at radius 1 is 1.18 bits per heavy atom. The van der Waals surface area contributed by atoms with Crippen LogP contribution in [0.15, 0.2) is 23.0 Å². The van der Waals surface area contributed by atoms with Crippen LogP contribution in [0, 0.1) is 0 Å². The molecule has 1 heterocycles. The molecule has 0 saturated heterocycles. The first-order valence-electron chi connectivity index (χ1n) is 5.05. The number of aliphatic hydroxyl groups excluding tert-OH is 1. The number of aliphatic hydroxyl groups is 1. The van der Waals surface area contributed by atoms with Crippen LogP contribution in [0.1, 0.15) is 11.7 Å². The van der Waals surface area contributed by atoms with E-state index in [0.717, 1.165) is 0 Å². The van der Waals surface area contributed by atoms with Crippen molar-refractivity contribution in [1.82, 2.24) is 9.13 Å². The van der Waals surface area contributed by atoms with E-state index in [1.165, 1.54) is 21.3 Å². The van der Waals surface area contributed by atoms with Crippen molar-refractivity contribution >= 4 is 11.0 Å². The van der Waals surface area contributed by atoms with E-state index in [9.17, 15) is 18.7 Å². The third-order valence-electron chi connectivity index (χ3n) is 2.88. The lowest BCUT2D eigenvalue weighted by atomic mass is 10.1. The second-order valence-corrected chi connectivity index (χ2v) is 3.93. The smallest absolute Gasteiger partial charge is 0.328 e. The lowest BCUT2D eigenvalue weighted by Crippen LogP contribution is -2.19. The molecule has 0 aliphatic carbocycles. The fraction of sp³-hybridized carbons (Fsp3) is 0.364. The van der Waals surface area contributed by atoms with Crippen molar-refractivity contribution in [3.05, 3.63) is 34.2 Å². The Hall–Kier alpha value is -1.69. The van der Waals surface area contributed by atoms with Gasteiger partial charge >= 0.3 is 5.69 Å². The maximum absolute atomic E-state index is 12.4. The number of aryl methyl sites for hydroxylation is 2. The minimum atomic E-state index is -2.84. The molecule has 17 heavy (non-hydrogen) atoms. The van der Waals surface area contributed by atoms with Gasteiger partial charge in [-0.3, -0.25) is 9.13 Å². The fourth-order valence-corrected chi connectivity index (χ4v) is 1.85. The highest BCUT2D eigenvalue weighted by Gasteiger charge is 2.20. The zero-order valence-electron chi connectivity index (χ0n) is 9.39. The zero-order chi connectivity index (χ0) is 12.7. The Morgan fingerprint density at radius 2 is 1.76 bits per heavy atom. The maximum atomic E-state index is 12.4. The van der Waals surface area contributed by atoms with Gasteiger partial charge in [-0.25, -0.2) is 13.6 Å². The lowest BCUT2D eigenvalue weighted by molar-refractivity contribution is -0.00571. The number of alkyl halides is 2. The molecule has 0 amide bonds. The molecule has 2 aromatic rings. The molecule has 2 rings (SSSR count). The van der Waals surface area contributed by atoms with Crippen molar-refractivity contribution in [2.75, 3.05) is 0 Å². The van der Waals surface area contributed by atoms with Crippen LogP contribution in [0.5, 0.6) is 0 Å². The quantitative estimate of drug-likeness (QED) is 0.859. The summed E-state index contributed by atoms with van der Waals surface area (Å²) in [7, 11) is 3.16. The van der Waals surface area contributed by atoms with Crippen molar-refractivity contribution in [3.8, 4) is 0 Å². The minimum Gasteiger partial charge on any atom is -0.382 e. The number of imidazole rings is 1. The molecular formula is C11H12F2N2O2. The number of hydrogen-bond donors (Lipinski definition) is 1. The summed E-state index contributed by atoms with van der Waals surface area (Å²) in [6.45, 7) is 0. The van der Waals surface area contributed by atoms with Crippen LogP contribution in [0.4, 0.5) is 8.78 Å². The molecule has 1 atom stereocenters. The SMILES string of the molecule is Cn1c(=O)n(C)c2cc(C(O)C(F)F)ccc21. The second kappa shape index (κ2) is 3.96. The average Bonchev–Trinajstić information content (AvgIpc) is 2.53. The molecule has 0 bridgehead atoms. The molecule has 1 aromatic carbocycles. The van der Waals surface area contributed by atoms with E-state index < -0.39 is 12.5 Å². The summed E-state index contributed by atoms with van der Waals surface area (Å²) in [6.07, 6.45) is -4.66. The van der Waals surface area contributed by atoms with E-state index in [-0.39, 0.29) is 11.3 Å². The Labute approximate surface area is 95.7 Å². The van der Waals surface area contributed by atoms with Gasteiger partial charge in [0.05, 0.1) is 11.0 Å². The number of halogens is 2. The summed E-state index contributed by atoms with van der Waals surface area (Å²) in [6, 6.07) is 4.36. The molecule has 6 heteroatoms. The molecule has 0 saturated carbocycles. The predicted octanol–water partition coefficient (Wildman–Crippen LogP) is 1.18. The molecule has 0 aliphatic heterocycles. The number of fused-ring (bicyclic) bond motifs is 1. The van der Waals surface area contributed by atoms with Crippen LogP contribution in [-0.2, 0) is 14.1 Å². The van der Waals surface area contributed by atoms with Gasteiger partial charge in [0.15, 0.2) is 0 Å². The summed E-state index contributed by atoms with van der Waals surface area (Å²) < 4.78 is 27.5. The number of benzene rings is 1. The molecular weight excluding hydrogens is 230 g/mol. The molecule has 0 radical (unpaired) electrons. The van der Waals surface area contributed by atoms with E-state index in [2.05, 4.69) is 0 Å². The third kappa shape index (κ3) is 1.74. The highest BCUT2D eigenvalue weighted by Crippen LogP contribution is 2.23. The van der Waals surface area contributed by atoms with E-state index in [4.69, 9.17) is 0 Å². The predicted molar refractivity (Wildman–Crippen MR) is 59.1 cm³/mol. The topological polar surface area (TPSA) is 47.2 Å². The van der Waals surface area contributed by atoms with Gasteiger partial charge < -0.3 is 5.11 Å². The van der Waals surface area contributed by atoms with Crippen LogP contribution in [-0.4, -0.2) is 20.7 Å². The van der Waals surface area contributed by atoms with Gasteiger partial charge in [-0.05, 0) is 17.7 Å². The highest BCUT2D eigenvalue weighted by atomic mass is 19.3. The van der Waals surface area contributed by atoms with Crippen LogP contribution >= 0.6 is 0 Å². The molecule has 0 fully saturated rings. The molecule has 1 aromatic heterocycles. The van der Waals surface area contributed by atoms with Gasteiger partial charge in [0.25, 0.3) is 6.43 Å². The van der Waals surface area contributed by atoms with Crippen molar-refractivity contribution in [2.45, 2.75) is 12.5 Å². The monoisotopic (exact) mass is 242 g/mol. The number of rotatable bonds is 2. The number of nitrogens with zero attached hydrogens (tertiary/aromatic N) is 2. The molecule has 0 aliphatic rings. The summed E-state index contributed by atoms with van der Waals surface area (Å²) in [5.41, 5.74) is 1.04. The summed E-state index contributed by atoms with van der Waals surface area (Å²) in [5, 5.41) is 9.28. The van der Waals surface area contributed by atoms with Gasteiger partial charge in [-0.2, -0.15) is 0 Å². The first-order valence-corrected chi connectivity index (χ1v) is 5.05. The van der Waals surface area contributed by atoms with E-state index in [0.29, 0.717) is 11.0 Å². The van der Waals surface area contributed by atoms with E-state index >= 15 is 0 Å². The van der Waals surface area contributed by atoms with Crippen molar-refractivity contribution in [1.29, 1.82) is 0 Å². The summed E-state index contributed by atoms with van der Waals surface area (Å²) >= 11 is 0. The van der Waals surface area contributed by atoms with E-state index in [1.54, 1.807) is 20.2 Å². The molecule has 1 unspecified atom stereocenters. The van der Waals surface area contributed by atoms with Crippen LogP contribution < -0.4 is 5.69 Å². The first-order chi connectivity index (χ1) is 7.93. The van der Waals surface area contributed by atoms with Crippen LogP contribution in [0.3, 0.4) is 0 Å². The molecule has 4 nitrogen and oxygen atoms in total. The normalized spacial score (nSPS) is 13.5. The average molecular weight is 242 g/mol. The molecule has 92 valence electrons. The summed E-state index contributed by atoms with van der Waals surface area (Å²) in [5.74, 6) is 0. The van der Waals surface area contributed by atoms with E-state index in [1.807, 2.05) is 0 Å². The molecule has 1 N–H and O–H groups in total. The van der Waals surface area contributed by atoms with Crippen LogP contribution in [0.2, 0.25) is 0 Å². The second-order valence-electron chi connectivity index (χ2n) is 3.93. The Bertz CT molecular complexity index is 616. The third-order valence-corrected chi connectivity index (χ3v) is 2.88. The zero-order valence-corrected chi connectivity index (χ0v) is 9.39. The van der Waals surface area contributed by atoms with Gasteiger partial charge in [-0.1, -0.05) is 6.07 Å². The maximum Gasteiger partial charge on any atom is 0.328 e. The molecule has 0 spiro atoms.